The molecule has 47 nitrogen and oxygen atoms in total. The van der Waals surface area contributed by atoms with Gasteiger partial charge in [-0.1, -0.05) is 93.7 Å². The number of aliphatic hydroxyl groups is 21. The van der Waals surface area contributed by atoms with Crippen LogP contribution in [0.3, 0.4) is 0 Å². The maximum Gasteiger partial charge on any atom is 0.335 e. The molecular formula is C95H152O47. The third-order valence-corrected chi connectivity index (χ3v) is 33.8. The second kappa shape index (κ2) is 45.9. The molecule has 53 unspecified atom stereocenters. The van der Waals surface area contributed by atoms with Gasteiger partial charge in [-0.05, 0) is 130 Å². The molecule has 5 aliphatic carbocycles. The number of esters is 4. The summed E-state index contributed by atoms with van der Waals surface area (Å²) in [7, 11) is 0. The highest BCUT2D eigenvalue weighted by Crippen LogP contribution is 2.76. The molecule has 13 aliphatic rings. The summed E-state index contributed by atoms with van der Waals surface area (Å²) in [6.45, 7) is 21.5. The van der Waals surface area contributed by atoms with E-state index in [0.29, 0.717) is 38.5 Å². The van der Waals surface area contributed by atoms with Crippen molar-refractivity contribution in [2.24, 2.45) is 62.1 Å². The maximum absolute atomic E-state index is 16.6. The predicted octanol–water partition coefficient (Wildman–Crippen LogP) is -4.73. The average Bonchev–Trinajstić information content (AvgIpc) is 0.680. The summed E-state index contributed by atoms with van der Waals surface area (Å²) in [4.78, 5) is 86.6. The van der Waals surface area contributed by atoms with Gasteiger partial charge in [0.05, 0.1) is 93.5 Å². The van der Waals surface area contributed by atoms with Crippen molar-refractivity contribution >= 4 is 36.1 Å². The summed E-state index contributed by atoms with van der Waals surface area (Å²) >= 11 is 0. The van der Waals surface area contributed by atoms with Crippen molar-refractivity contribution in [2.45, 2.75) is 457 Å². The average molecular weight is 2050 g/mol. The molecule has 0 aromatic carbocycles. The smallest absolute Gasteiger partial charge is 0.335 e. The van der Waals surface area contributed by atoms with Gasteiger partial charge in [-0.2, -0.15) is 0 Å². The van der Waals surface area contributed by atoms with E-state index in [-0.39, 0.29) is 56.8 Å². The number of carbonyl (C=O) groups is 6. The molecule has 4 saturated carbocycles. The van der Waals surface area contributed by atoms with Gasteiger partial charge in [-0.3, -0.25) is 19.2 Å². The first kappa shape index (κ1) is 114. The monoisotopic (exact) mass is 2040 g/mol. The molecule has 142 heavy (non-hydrogen) atoms. The Kier molecular flexibility index (Phi) is 37.0. The Morgan fingerprint density at radius 3 is 1.60 bits per heavy atom. The number of aliphatic carboxylic acids is 1. The van der Waals surface area contributed by atoms with Gasteiger partial charge < -0.3 is 207 Å². The highest BCUT2D eigenvalue weighted by atomic mass is 16.8. The second-order valence-electron chi connectivity index (χ2n) is 43.5. The summed E-state index contributed by atoms with van der Waals surface area (Å²) in [6, 6.07) is 0. The van der Waals surface area contributed by atoms with Crippen LogP contribution in [0.2, 0.25) is 0 Å². The minimum absolute atomic E-state index is 0.0109. The number of hydrogen-bond donors (Lipinski definition) is 22. The van der Waals surface area contributed by atoms with Crippen LogP contribution in [0.1, 0.15) is 193 Å². The second-order valence-corrected chi connectivity index (χ2v) is 43.5. The molecule has 0 radical (unpaired) electrons. The molecule has 22 N–H and O–H groups in total. The van der Waals surface area contributed by atoms with Crippen LogP contribution in [0, 0.1) is 62.1 Å². The third kappa shape index (κ3) is 22.5. The van der Waals surface area contributed by atoms with E-state index in [1.165, 1.54) is 20.8 Å². The van der Waals surface area contributed by atoms with Crippen molar-refractivity contribution in [3.8, 4) is 0 Å². The zero-order chi connectivity index (χ0) is 104. The fraction of sp³-hybridized carbons (Fsp3) is 0.916. The van der Waals surface area contributed by atoms with E-state index in [1.807, 2.05) is 27.7 Å². The molecule has 53 atom stereocenters. The summed E-state index contributed by atoms with van der Waals surface area (Å²) in [6.07, 6.45) is -71.8. The molecule has 0 spiro atoms. The van der Waals surface area contributed by atoms with Gasteiger partial charge >= 0.3 is 29.8 Å². The summed E-state index contributed by atoms with van der Waals surface area (Å²) in [5.74, 6) is -8.46. The SMILES string of the molecule is CCC(C)C(CC(O)CC(=O)OC1C(C)OC(OC(=O)C23CCC(C)(C)CC2C2=CCC4C5(C)CCC(OC6OC(C(=O)O)C(O)C(OC7OC(C)C(O)C(O)C7O)C6OC6OC(CO)C(O)C(O)C6O)C(C)(C=O)C5CCC4(C)C2(C)CC3O)C(OC2OC(C)C(OC3OCC(O)C(OC4OCC(O)C(O)C4O)C3O)C(O)C2O)C1OC(C)=O)OC(=O)CC(O)CC(OC1OC(CO)C(O)C1O)C(C)CC. The fourth-order valence-corrected chi connectivity index (χ4v) is 24.7. The standard InChI is InChI=1S/C95H152O47/c1-15-36(3)48(130-56(105)27-43(101)26-49(37(4)16-2)131-85-66(115)61(110)51(32-97)132-85)25-42(100)28-57(106)135-73-40(7)128-87(79(77(73)129-41(8)99)141-84-69(118)64(113)72(39(6)127-84)136-82-71(120)74(47(103)34-125-82)137-81-65(114)59(108)46(102)33-124-81)142-89(123)95-24-23-90(9,10)29-45(95)44-17-18-53-91(11)21-20-55(92(12,35-98)52(91)19-22-93(53,13)94(44,14)30-54(95)104)134-88-78(140-86-68(117)63(112)60(109)50(31-96)133-86)75(70(119)76(139-88)80(121)122)138-83-67(116)62(111)58(107)38(5)126-83/h17,35-40,42-43,45-55,58-79,81-88,96-97,100-104,107-120H,15-16,18-34H2,1-14H3,(H,121,122). The Morgan fingerprint density at radius 2 is 0.986 bits per heavy atom. The van der Waals surface area contributed by atoms with Crippen molar-refractivity contribution in [1.82, 2.24) is 0 Å². The highest BCUT2D eigenvalue weighted by molar-refractivity contribution is 5.80. The van der Waals surface area contributed by atoms with Crippen LogP contribution in [0.15, 0.2) is 11.6 Å². The molecule has 8 heterocycles. The van der Waals surface area contributed by atoms with E-state index < -0.39 is 383 Å². The maximum atomic E-state index is 16.6. The van der Waals surface area contributed by atoms with E-state index in [1.54, 1.807) is 27.7 Å². The summed E-state index contributed by atoms with van der Waals surface area (Å²) in [5.41, 5.74) is -5.70. The minimum Gasteiger partial charge on any atom is -0.479 e. The predicted molar refractivity (Wildman–Crippen MR) is 472 cm³/mol. The van der Waals surface area contributed by atoms with Gasteiger partial charge in [0.2, 0.25) is 6.29 Å². The van der Waals surface area contributed by atoms with Gasteiger partial charge in [0.15, 0.2) is 68.4 Å². The van der Waals surface area contributed by atoms with Crippen molar-refractivity contribution in [3.05, 3.63) is 11.6 Å². The van der Waals surface area contributed by atoms with Crippen molar-refractivity contribution in [3.63, 3.8) is 0 Å². The van der Waals surface area contributed by atoms with Crippen LogP contribution in [0.4, 0.5) is 0 Å². The Morgan fingerprint density at radius 1 is 0.472 bits per heavy atom. The van der Waals surface area contributed by atoms with Crippen LogP contribution in [-0.2, 0) is 119 Å². The lowest BCUT2D eigenvalue weighted by Crippen LogP contribution is -2.69. The van der Waals surface area contributed by atoms with Crippen molar-refractivity contribution < 1.29 is 231 Å². The normalized spacial score (nSPS) is 48.3. The third-order valence-electron chi connectivity index (χ3n) is 33.8. The molecule has 0 aromatic heterocycles. The van der Waals surface area contributed by atoms with Crippen molar-refractivity contribution in [1.29, 1.82) is 0 Å². The number of carboxylic acids is 1. The lowest BCUT2D eigenvalue weighted by Gasteiger charge is -2.71. The van der Waals surface area contributed by atoms with E-state index in [4.69, 9.17) is 90.0 Å². The fourth-order valence-electron chi connectivity index (χ4n) is 24.7. The van der Waals surface area contributed by atoms with Crippen molar-refractivity contribution in [2.75, 3.05) is 26.4 Å². The Hall–Kier alpha value is -4.68. The van der Waals surface area contributed by atoms with Gasteiger partial charge in [-0.25, -0.2) is 4.79 Å². The van der Waals surface area contributed by atoms with Crippen LogP contribution in [0.25, 0.3) is 0 Å². The molecule has 0 aromatic rings. The number of allylic oxidation sites excluding steroid dienone is 2. The first-order valence-electron chi connectivity index (χ1n) is 49.7. The molecule has 47 heteroatoms. The summed E-state index contributed by atoms with van der Waals surface area (Å²) < 4.78 is 116. The Balaban J connectivity index is 0.769. The number of aliphatic hydroxyl groups excluding tert-OH is 21. The molecule has 8 saturated heterocycles. The van der Waals surface area contributed by atoms with Gasteiger partial charge in [0.25, 0.3) is 0 Å². The van der Waals surface area contributed by atoms with E-state index in [9.17, 15) is 136 Å². The minimum atomic E-state index is -2.28. The number of ether oxygens (including phenoxy) is 19. The summed E-state index contributed by atoms with van der Waals surface area (Å²) in [5, 5.41) is 245. The zero-order valence-corrected chi connectivity index (χ0v) is 82.3. The number of carboxylic acid groups (broad SMARTS) is 1. The number of aldehydes is 1. The van der Waals surface area contributed by atoms with Gasteiger partial charge in [0.1, 0.15) is 152 Å². The van der Waals surface area contributed by atoms with E-state index in [2.05, 4.69) is 19.9 Å². The molecule has 8 aliphatic heterocycles. The zero-order valence-electron chi connectivity index (χ0n) is 82.3. The molecule has 13 rings (SSSR count). The van der Waals surface area contributed by atoms with E-state index >= 15 is 4.79 Å². The van der Waals surface area contributed by atoms with Crippen LogP contribution < -0.4 is 0 Å². The lowest BCUT2D eigenvalue weighted by atomic mass is 9.33. The molecular weight excluding hydrogens is 1890 g/mol. The molecule has 0 bridgehead atoms. The van der Waals surface area contributed by atoms with E-state index in [0.717, 1.165) is 18.8 Å². The van der Waals surface area contributed by atoms with Gasteiger partial charge in [0, 0.05) is 19.8 Å². The molecule has 0 amide bonds. The number of hydrogen-bond acceptors (Lipinski definition) is 46. The van der Waals surface area contributed by atoms with Gasteiger partial charge in [-0.15, -0.1) is 0 Å². The lowest BCUT2D eigenvalue weighted by molar-refractivity contribution is -0.394. The first-order valence-corrected chi connectivity index (χ1v) is 49.7. The van der Waals surface area contributed by atoms with Crippen LogP contribution in [0.5, 0.6) is 0 Å². The molecule has 814 valence electrons. The Bertz CT molecular complexity index is 4250. The number of fused-ring (bicyclic) bond motifs is 7. The first-order chi connectivity index (χ1) is 66.6. The quantitative estimate of drug-likeness (QED) is 0.00932. The molecule has 12 fully saturated rings. The number of rotatable bonds is 35. The largest absolute Gasteiger partial charge is 0.479 e. The Labute approximate surface area is 821 Å². The van der Waals surface area contributed by atoms with Crippen LogP contribution in [-0.4, -0.2) is 439 Å². The van der Waals surface area contributed by atoms with Crippen LogP contribution >= 0.6 is 0 Å². The number of carbonyl (C=O) groups excluding carboxylic acids is 5. The topological polar surface area (TPSA) is 723 Å². The highest BCUT2D eigenvalue weighted by Gasteiger charge is 2.74.